The Labute approximate surface area is 168 Å². The molecule has 3 aromatic heterocycles. The van der Waals surface area contributed by atoms with E-state index in [1.54, 1.807) is 32.0 Å². The van der Waals surface area contributed by atoms with Crippen molar-refractivity contribution in [3.05, 3.63) is 65.2 Å². The largest absolute Gasteiger partial charge is 0.430 e. The molecule has 2 N–H and O–H groups in total. The minimum Gasteiger partial charge on any atom is -0.333 e. The molecule has 0 saturated carbocycles. The number of aromatic nitrogens is 5. The average Bonchev–Trinajstić information content (AvgIpc) is 3.15. The normalized spacial score (nSPS) is 13.0. The zero-order valence-corrected chi connectivity index (χ0v) is 15.9. The average molecular weight is 411 g/mol. The van der Waals surface area contributed by atoms with Crippen molar-refractivity contribution >= 4 is 28.4 Å². The van der Waals surface area contributed by atoms with E-state index in [9.17, 15) is 9.18 Å². The summed E-state index contributed by atoms with van der Waals surface area (Å²) in [5, 5.41) is 16.2. The van der Waals surface area contributed by atoms with Crippen molar-refractivity contribution in [3.8, 4) is 0 Å². The van der Waals surface area contributed by atoms with Gasteiger partial charge < -0.3 is 5.73 Å². The highest BCUT2D eigenvalue weighted by Gasteiger charge is 2.25. The van der Waals surface area contributed by atoms with Crippen LogP contribution in [0.3, 0.4) is 0 Å². The molecule has 1 atom stereocenters. The molecule has 0 aliphatic rings. The van der Waals surface area contributed by atoms with Crippen LogP contribution in [0.4, 0.5) is 13.6 Å². The topological polar surface area (TPSA) is 121 Å². The third kappa shape index (κ3) is 3.30. The maximum Gasteiger partial charge on any atom is 0.430 e. The van der Waals surface area contributed by atoms with E-state index in [2.05, 4.69) is 30.3 Å². The highest BCUT2D eigenvalue weighted by molar-refractivity contribution is 5.96. The molecule has 11 heteroatoms. The molecule has 1 aromatic carbocycles. The number of halogens is 2. The van der Waals surface area contributed by atoms with Gasteiger partial charge >= 0.3 is 6.09 Å². The number of amides is 1. The zero-order valence-electron chi connectivity index (χ0n) is 15.9. The van der Waals surface area contributed by atoms with Gasteiger partial charge in [0.1, 0.15) is 23.0 Å². The number of nitrogens with zero attached hydrogens (tertiary/aromatic N) is 6. The molecule has 1 amide bonds. The molecule has 4 aromatic rings. The second-order valence-electron chi connectivity index (χ2n) is 6.51. The number of hydrogen-bond donors (Lipinski definition) is 1. The first kappa shape index (κ1) is 19.3. The Bertz CT molecular complexity index is 1320. The standard InChI is InChI=1S/C19H15F2N7O2/c1-9(16-12(20)8-14-11(17(16)21)4-3-7-23-14)18-25-24-15-6-5-13(26-28(15)18)10(2)27-30-19(22)29/h3-9H,1-2H3,(H2,22,29)/b27-10-/t9-/m1/s1. The van der Waals surface area contributed by atoms with Crippen LogP contribution in [-0.2, 0) is 4.84 Å². The first-order valence-corrected chi connectivity index (χ1v) is 8.83. The smallest absolute Gasteiger partial charge is 0.333 e. The SMILES string of the molecule is C/C(=N/OC(N)=O)c1ccc2nnc([C@H](C)c3c(F)cc4ncccc4c3F)n2n1. The van der Waals surface area contributed by atoms with Crippen molar-refractivity contribution in [1.82, 2.24) is 24.8 Å². The molecule has 152 valence electrons. The van der Waals surface area contributed by atoms with Gasteiger partial charge in [-0.2, -0.15) is 9.61 Å². The van der Waals surface area contributed by atoms with Crippen molar-refractivity contribution in [2.24, 2.45) is 10.9 Å². The first-order valence-electron chi connectivity index (χ1n) is 8.83. The lowest BCUT2D eigenvalue weighted by atomic mass is 9.97. The van der Waals surface area contributed by atoms with Gasteiger partial charge in [0.15, 0.2) is 11.5 Å². The lowest BCUT2D eigenvalue weighted by Gasteiger charge is -2.14. The summed E-state index contributed by atoms with van der Waals surface area (Å²) in [4.78, 5) is 19.1. The molecule has 3 heterocycles. The molecule has 0 bridgehead atoms. The Morgan fingerprint density at radius 2 is 2.07 bits per heavy atom. The van der Waals surface area contributed by atoms with Crippen molar-refractivity contribution < 1.29 is 18.4 Å². The number of fused-ring (bicyclic) bond motifs is 2. The number of hydrogen-bond acceptors (Lipinski definition) is 7. The van der Waals surface area contributed by atoms with Crippen molar-refractivity contribution in [3.63, 3.8) is 0 Å². The minimum absolute atomic E-state index is 0.167. The van der Waals surface area contributed by atoms with Gasteiger partial charge in [-0.3, -0.25) is 9.82 Å². The van der Waals surface area contributed by atoms with Crippen LogP contribution in [0.15, 0.2) is 41.7 Å². The Morgan fingerprint density at radius 1 is 1.27 bits per heavy atom. The van der Waals surface area contributed by atoms with Crippen LogP contribution < -0.4 is 5.73 Å². The second kappa shape index (κ2) is 7.43. The maximum absolute atomic E-state index is 15.1. The molecule has 0 unspecified atom stereocenters. The van der Waals surface area contributed by atoms with Crippen LogP contribution >= 0.6 is 0 Å². The van der Waals surface area contributed by atoms with E-state index >= 15 is 4.39 Å². The van der Waals surface area contributed by atoms with Crippen LogP contribution in [0.2, 0.25) is 0 Å². The fourth-order valence-corrected chi connectivity index (χ4v) is 3.12. The van der Waals surface area contributed by atoms with Gasteiger partial charge in [0.25, 0.3) is 0 Å². The summed E-state index contributed by atoms with van der Waals surface area (Å²) in [6.07, 6.45) is 0.402. The number of benzene rings is 1. The Hall–Kier alpha value is -4.02. The highest BCUT2D eigenvalue weighted by atomic mass is 19.1. The zero-order chi connectivity index (χ0) is 21.4. The molecule has 9 nitrogen and oxygen atoms in total. The summed E-state index contributed by atoms with van der Waals surface area (Å²) in [6, 6.07) is 7.49. The summed E-state index contributed by atoms with van der Waals surface area (Å²) in [6.45, 7) is 3.16. The van der Waals surface area contributed by atoms with Crippen LogP contribution in [0.25, 0.3) is 16.6 Å². The third-order valence-electron chi connectivity index (χ3n) is 4.58. The van der Waals surface area contributed by atoms with E-state index < -0.39 is 23.6 Å². The number of nitrogens with two attached hydrogens (primary N) is 1. The molecule has 0 aliphatic heterocycles. The second-order valence-corrected chi connectivity index (χ2v) is 6.51. The molecule has 0 aliphatic carbocycles. The predicted molar refractivity (Wildman–Crippen MR) is 103 cm³/mol. The quantitative estimate of drug-likeness (QED) is 0.313. The van der Waals surface area contributed by atoms with Crippen molar-refractivity contribution in [1.29, 1.82) is 0 Å². The van der Waals surface area contributed by atoms with Crippen LogP contribution in [0.5, 0.6) is 0 Å². The van der Waals surface area contributed by atoms with E-state index in [0.717, 1.165) is 0 Å². The van der Waals surface area contributed by atoms with Gasteiger partial charge in [0.05, 0.1) is 5.52 Å². The lowest BCUT2D eigenvalue weighted by Crippen LogP contribution is -2.13. The molecule has 30 heavy (non-hydrogen) atoms. The molecule has 0 radical (unpaired) electrons. The van der Waals surface area contributed by atoms with Crippen molar-refractivity contribution in [2.45, 2.75) is 19.8 Å². The highest BCUT2D eigenvalue weighted by Crippen LogP contribution is 2.31. The van der Waals surface area contributed by atoms with E-state index in [1.165, 1.54) is 22.8 Å². The van der Waals surface area contributed by atoms with E-state index in [0.29, 0.717) is 11.3 Å². The monoisotopic (exact) mass is 411 g/mol. The summed E-state index contributed by atoms with van der Waals surface area (Å²) in [5.41, 5.74) is 5.91. The van der Waals surface area contributed by atoms with Gasteiger partial charge in [0, 0.05) is 29.1 Å². The third-order valence-corrected chi connectivity index (χ3v) is 4.58. The Kier molecular flexibility index (Phi) is 4.78. The summed E-state index contributed by atoms with van der Waals surface area (Å²) >= 11 is 0. The maximum atomic E-state index is 15.1. The Balaban J connectivity index is 1.82. The van der Waals surface area contributed by atoms with Gasteiger partial charge in [-0.15, -0.1) is 10.2 Å². The molecule has 4 rings (SSSR count). The van der Waals surface area contributed by atoms with Crippen LogP contribution in [0, 0.1) is 11.6 Å². The number of primary amides is 1. The van der Waals surface area contributed by atoms with Crippen LogP contribution in [-0.4, -0.2) is 36.6 Å². The number of oxime groups is 1. The van der Waals surface area contributed by atoms with E-state index in [4.69, 9.17) is 5.73 Å². The van der Waals surface area contributed by atoms with Gasteiger partial charge in [-0.05, 0) is 31.2 Å². The molecular weight excluding hydrogens is 396 g/mol. The van der Waals surface area contributed by atoms with Gasteiger partial charge in [0.2, 0.25) is 0 Å². The van der Waals surface area contributed by atoms with Gasteiger partial charge in [-0.25, -0.2) is 13.6 Å². The number of pyridine rings is 1. The minimum atomic E-state index is -1.06. The molecule has 0 spiro atoms. The fourth-order valence-electron chi connectivity index (χ4n) is 3.12. The van der Waals surface area contributed by atoms with Crippen LogP contribution in [0.1, 0.15) is 36.8 Å². The number of carbonyl (C=O) groups excluding carboxylic acids is 1. The number of rotatable bonds is 4. The molecule has 0 saturated heterocycles. The predicted octanol–water partition coefficient (Wildman–Crippen LogP) is 2.92. The molecule has 0 fully saturated rings. The van der Waals surface area contributed by atoms with Gasteiger partial charge in [-0.1, -0.05) is 12.1 Å². The van der Waals surface area contributed by atoms with E-state index in [-0.39, 0.29) is 28.0 Å². The summed E-state index contributed by atoms with van der Waals surface area (Å²) in [5.74, 6) is -2.05. The summed E-state index contributed by atoms with van der Waals surface area (Å²) in [7, 11) is 0. The fraction of sp³-hybridized carbons (Fsp3) is 0.158. The summed E-state index contributed by atoms with van der Waals surface area (Å²) < 4.78 is 31.2. The Morgan fingerprint density at radius 3 is 2.83 bits per heavy atom. The van der Waals surface area contributed by atoms with Crippen molar-refractivity contribution in [2.75, 3.05) is 0 Å². The number of carbonyl (C=O) groups is 1. The first-order chi connectivity index (χ1) is 14.4. The molecular formula is C19H15F2N7O2. The van der Waals surface area contributed by atoms with E-state index in [1.807, 2.05) is 0 Å². The lowest BCUT2D eigenvalue weighted by molar-refractivity contribution is 0.161.